The summed E-state index contributed by atoms with van der Waals surface area (Å²) in [6.07, 6.45) is 2.29. The summed E-state index contributed by atoms with van der Waals surface area (Å²) in [6.45, 7) is 7.13. The van der Waals surface area contributed by atoms with Crippen molar-refractivity contribution >= 4 is 0 Å². The highest BCUT2D eigenvalue weighted by Gasteiger charge is 2.08. The molecule has 0 amide bonds. The Morgan fingerprint density at radius 2 is 1.48 bits per heavy atom. The molecular weight excluding hydrogens is 312 g/mol. The molecule has 2 aromatic rings. The van der Waals surface area contributed by atoms with Crippen molar-refractivity contribution in [1.82, 2.24) is 10.2 Å². The maximum atomic E-state index is 5.83. The number of ether oxygens (including phenoxy) is 2. The van der Waals surface area contributed by atoms with Gasteiger partial charge in [0, 0.05) is 26.2 Å². The van der Waals surface area contributed by atoms with E-state index in [0.717, 1.165) is 37.6 Å². The SMILES string of the molecule is c1ccc(COc2ccc(OCCCCN3CCNCC3)cc2)cc1. The van der Waals surface area contributed by atoms with Crippen molar-refractivity contribution in [3.8, 4) is 11.5 Å². The summed E-state index contributed by atoms with van der Waals surface area (Å²) >= 11 is 0. The van der Waals surface area contributed by atoms with Gasteiger partial charge in [-0.15, -0.1) is 0 Å². The number of hydrogen-bond donors (Lipinski definition) is 1. The molecular formula is C21H28N2O2. The Bertz CT molecular complexity index is 595. The van der Waals surface area contributed by atoms with Crippen LogP contribution in [0, 0.1) is 0 Å². The van der Waals surface area contributed by atoms with Crippen LogP contribution in [0.3, 0.4) is 0 Å². The molecule has 4 nitrogen and oxygen atoms in total. The van der Waals surface area contributed by atoms with Gasteiger partial charge in [0.2, 0.25) is 0 Å². The fourth-order valence-electron chi connectivity index (χ4n) is 2.94. The van der Waals surface area contributed by atoms with Gasteiger partial charge in [0.25, 0.3) is 0 Å². The van der Waals surface area contributed by atoms with Gasteiger partial charge in [0.1, 0.15) is 18.1 Å². The monoisotopic (exact) mass is 340 g/mol. The summed E-state index contributed by atoms with van der Waals surface area (Å²) in [6, 6.07) is 18.1. The van der Waals surface area contributed by atoms with Crippen molar-refractivity contribution in [1.29, 1.82) is 0 Å². The second kappa shape index (κ2) is 10.1. The van der Waals surface area contributed by atoms with E-state index in [0.29, 0.717) is 6.61 Å². The molecule has 0 aromatic heterocycles. The largest absolute Gasteiger partial charge is 0.494 e. The molecule has 1 aliphatic heterocycles. The molecule has 1 heterocycles. The molecule has 0 atom stereocenters. The molecule has 1 fully saturated rings. The third-order valence-corrected chi connectivity index (χ3v) is 4.42. The first kappa shape index (κ1) is 17.8. The van der Waals surface area contributed by atoms with Crippen LogP contribution >= 0.6 is 0 Å². The first-order valence-corrected chi connectivity index (χ1v) is 9.23. The van der Waals surface area contributed by atoms with E-state index in [9.17, 15) is 0 Å². The van der Waals surface area contributed by atoms with E-state index in [1.54, 1.807) is 0 Å². The molecule has 1 saturated heterocycles. The zero-order chi connectivity index (χ0) is 17.2. The molecule has 4 heteroatoms. The highest BCUT2D eigenvalue weighted by molar-refractivity contribution is 5.31. The predicted molar refractivity (Wildman–Crippen MR) is 101 cm³/mol. The summed E-state index contributed by atoms with van der Waals surface area (Å²) < 4.78 is 11.6. The number of benzene rings is 2. The standard InChI is InChI=1S/C21H28N2O2/c1-2-6-19(7-3-1)18-25-21-10-8-20(9-11-21)24-17-5-4-14-23-15-12-22-13-16-23/h1-3,6-11,22H,4-5,12-18H2. The van der Waals surface area contributed by atoms with E-state index < -0.39 is 0 Å². The fourth-order valence-corrected chi connectivity index (χ4v) is 2.94. The average molecular weight is 340 g/mol. The Labute approximate surface area is 150 Å². The third kappa shape index (κ3) is 6.40. The Morgan fingerprint density at radius 1 is 0.800 bits per heavy atom. The van der Waals surface area contributed by atoms with Gasteiger partial charge < -0.3 is 19.7 Å². The van der Waals surface area contributed by atoms with Crippen LogP contribution in [-0.2, 0) is 6.61 Å². The van der Waals surface area contributed by atoms with Gasteiger partial charge in [-0.3, -0.25) is 0 Å². The van der Waals surface area contributed by atoms with Gasteiger partial charge in [-0.1, -0.05) is 30.3 Å². The van der Waals surface area contributed by atoms with Gasteiger partial charge in [0.15, 0.2) is 0 Å². The fraction of sp³-hybridized carbons (Fsp3) is 0.429. The van der Waals surface area contributed by atoms with Crippen LogP contribution in [0.5, 0.6) is 11.5 Å². The quantitative estimate of drug-likeness (QED) is 0.710. The van der Waals surface area contributed by atoms with Crippen molar-refractivity contribution in [2.75, 3.05) is 39.3 Å². The predicted octanol–water partition coefficient (Wildman–Crippen LogP) is 3.33. The normalized spacial score (nSPS) is 15.0. The Kier molecular flexibility index (Phi) is 7.16. The van der Waals surface area contributed by atoms with Crippen LogP contribution in [-0.4, -0.2) is 44.2 Å². The smallest absolute Gasteiger partial charge is 0.120 e. The first-order chi connectivity index (χ1) is 12.4. The molecule has 3 rings (SSSR count). The Balaban J connectivity index is 1.30. The number of rotatable bonds is 9. The number of nitrogens with zero attached hydrogens (tertiary/aromatic N) is 1. The lowest BCUT2D eigenvalue weighted by Gasteiger charge is -2.26. The summed E-state index contributed by atoms with van der Waals surface area (Å²) in [5, 5.41) is 3.38. The minimum Gasteiger partial charge on any atom is -0.494 e. The van der Waals surface area contributed by atoms with Crippen LogP contribution in [0.4, 0.5) is 0 Å². The molecule has 0 aliphatic carbocycles. The number of nitrogens with one attached hydrogen (secondary N) is 1. The number of unbranched alkanes of at least 4 members (excludes halogenated alkanes) is 1. The van der Waals surface area contributed by atoms with E-state index in [1.165, 1.54) is 31.6 Å². The minimum absolute atomic E-state index is 0.590. The molecule has 1 N–H and O–H groups in total. The van der Waals surface area contributed by atoms with Crippen molar-refractivity contribution in [3.05, 3.63) is 60.2 Å². The molecule has 2 aromatic carbocycles. The van der Waals surface area contributed by atoms with E-state index >= 15 is 0 Å². The first-order valence-electron chi connectivity index (χ1n) is 9.23. The third-order valence-electron chi connectivity index (χ3n) is 4.42. The summed E-state index contributed by atoms with van der Waals surface area (Å²) in [7, 11) is 0. The highest BCUT2D eigenvalue weighted by atomic mass is 16.5. The van der Waals surface area contributed by atoms with Crippen LogP contribution in [0.2, 0.25) is 0 Å². The maximum Gasteiger partial charge on any atom is 0.120 e. The van der Waals surface area contributed by atoms with Crippen molar-refractivity contribution in [2.24, 2.45) is 0 Å². The Hall–Kier alpha value is -2.04. The van der Waals surface area contributed by atoms with Crippen LogP contribution in [0.15, 0.2) is 54.6 Å². The summed E-state index contributed by atoms with van der Waals surface area (Å²) in [5.74, 6) is 1.78. The zero-order valence-corrected chi connectivity index (χ0v) is 14.8. The molecule has 0 bridgehead atoms. The zero-order valence-electron chi connectivity index (χ0n) is 14.8. The van der Waals surface area contributed by atoms with Crippen molar-refractivity contribution in [2.45, 2.75) is 19.4 Å². The second-order valence-corrected chi connectivity index (χ2v) is 6.39. The topological polar surface area (TPSA) is 33.7 Å². The van der Waals surface area contributed by atoms with Gasteiger partial charge in [-0.25, -0.2) is 0 Å². The van der Waals surface area contributed by atoms with Gasteiger partial charge >= 0.3 is 0 Å². The highest BCUT2D eigenvalue weighted by Crippen LogP contribution is 2.19. The molecule has 0 radical (unpaired) electrons. The van der Waals surface area contributed by atoms with Crippen LogP contribution < -0.4 is 14.8 Å². The lowest BCUT2D eigenvalue weighted by molar-refractivity contribution is 0.226. The number of piperazine rings is 1. The van der Waals surface area contributed by atoms with Gasteiger partial charge in [0.05, 0.1) is 6.61 Å². The van der Waals surface area contributed by atoms with E-state index in [4.69, 9.17) is 9.47 Å². The second-order valence-electron chi connectivity index (χ2n) is 6.39. The van der Waals surface area contributed by atoms with E-state index in [-0.39, 0.29) is 0 Å². The number of hydrogen-bond acceptors (Lipinski definition) is 4. The summed E-state index contributed by atoms with van der Waals surface area (Å²) in [4.78, 5) is 2.52. The van der Waals surface area contributed by atoms with Gasteiger partial charge in [-0.05, 0) is 49.2 Å². The van der Waals surface area contributed by atoms with Crippen molar-refractivity contribution in [3.63, 3.8) is 0 Å². The lowest BCUT2D eigenvalue weighted by Crippen LogP contribution is -2.43. The molecule has 1 aliphatic rings. The van der Waals surface area contributed by atoms with E-state index in [1.807, 2.05) is 42.5 Å². The minimum atomic E-state index is 0.590. The molecule has 0 unspecified atom stereocenters. The summed E-state index contributed by atoms with van der Waals surface area (Å²) in [5.41, 5.74) is 1.17. The van der Waals surface area contributed by atoms with E-state index in [2.05, 4.69) is 22.3 Å². The Morgan fingerprint density at radius 3 is 2.20 bits per heavy atom. The van der Waals surface area contributed by atoms with Crippen LogP contribution in [0.1, 0.15) is 18.4 Å². The van der Waals surface area contributed by atoms with Crippen molar-refractivity contribution < 1.29 is 9.47 Å². The molecule has 134 valence electrons. The lowest BCUT2D eigenvalue weighted by atomic mass is 10.2. The van der Waals surface area contributed by atoms with Crippen LogP contribution in [0.25, 0.3) is 0 Å². The van der Waals surface area contributed by atoms with Gasteiger partial charge in [-0.2, -0.15) is 0 Å². The molecule has 0 spiro atoms. The molecule has 0 saturated carbocycles. The average Bonchev–Trinajstić information content (AvgIpc) is 2.69. The molecule has 25 heavy (non-hydrogen) atoms. The maximum absolute atomic E-state index is 5.83.